The van der Waals surface area contributed by atoms with Gasteiger partial charge in [-0.15, -0.1) is 0 Å². The first-order valence-electron chi connectivity index (χ1n) is 11.6. The molecule has 0 amide bonds. The van der Waals surface area contributed by atoms with Gasteiger partial charge in [0.25, 0.3) is 0 Å². The van der Waals surface area contributed by atoms with E-state index in [1.165, 1.54) is 19.6 Å². The number of carboxylic acid groups (broad SMARTS) is 1. The number of carboxylic acids is 1. The molecule has 2 rings (SSSR count). The summed E-state index contributed by atoms with van der Waals surface area (Å²) in [7, 11) is 3.19. The molecular weight excluding hydrogens is 444 g/mol. The van der Waals surface area contributed by atoms with Gasteiger partial charge in [0.1, 0.15) is 11.6 Å². The Bertz CT molecular complexity index is 857. The number of ketones is 2. The molecule has 0 aliphatic carbocycles. The highest BCUT2D eigenvalue weighted by Gasteiger charge is 2.27. The molecule has 0 bridgehead atoms. The lowest BCUT2D eigenvalue weighted by Crippen LogP contribution is -2.31. The maximum absolute atomic E-state index is 11.5. The standard InChI is InChI=1S/C15H20O4.C13H18O2.CH4.H2/c1-11(16)13(10-15(17)18)14(19-2)9-8-12-6-4-3-5-7-12;1-11(14)10-13(15-2)9-8-12-6-4-3-5-7-12;;/h3-7,13-14H,8-10H2,1-2H3,(H,17,18);3-7,13H,8-10H2,1-2H3;1H4;1H/i;;;1+1. The normalized spacial score (nSPS) is 12.8. The van der Waals surface area contributed by atoms with E-state index < -0.39 is 11.9 Å². The minimum absolute atomic E-state index is 0. The van der Waals surface area contributed by atoms with E-state index in [0.717, 1.165) is 24.8 Å². The summed E-state index contributed by atoms with van der Waals surface area (Å²) in [6.07, 6.45) is 3.32. The molecule has 0 aliphatic heterocycles. The van der Waals surface area contributed by atoms with Crippen molar-refractivity contribution in [2.75, 3.05) is 14.2 Å². The molecule has 196 valence electrons. The van der Waals surface area contributed by atoms with Crippen molar-refractivity contribution < 1.29 is 30.4 Å². The van der Waals surface area contributed by atoms with Crippen molar-refractivity contribution in [3.8, 4) is 0 Å². The number of methoxy groups -OCH3 is 2. The molecule has 0 radical (unpaired) electrons. The van der Waals surface area contributed by atoms with Gasteiger partial charge in [0.05, 0.1) is 24.5 Å². The van der Waals surface area contributed by atoms with Crippen LogP contribution in [-0.2, 0) is 36.7 Å². The fourth-order valence-electron chi connectivity index (χ4n) is 3.76. The van der Waals surface area contributed by atoms with Crippen LogP contribution in [0.2, 0.25) is 0 Å². The molecular formula is C29H44O6. The van der Waals surface area contributed by atoms with Crippen molar-refractivity contribution in [2.24, 2.45) is 5.92 Å². The highest BCUT2D eigenvalue weighted by Crippen LogP contribution is 2.19. The van der Waals surface area contributed by atoms with E-state index in [9.17, 15) is 14.4 Å². The minimum Gasteiger partial charge on any atom is -0.481 e. The van der Waals surface area contributed by atoms with Crippen LogP contribution in [0, 0.1) is 5.92 Å². The number of aliphatic carboxylic acids is 1. The predicted octanol–water partition coefficient (Wildman–Crippen LogP) is 5.81. The van der Waals surface area contributed by atoms with E-state index in [1.807, 2.05) is 48.5 Å². The molecule has 0 saturated carbocycles. The van der Waals surface area contributed by atoms with Crippen LogP contribution in [0.15, 0.2) is 60.7 Å². The van der Waals surface area contributed by atoms with Crippen molar-refractivity contribution in [3.63, 3.8) is 0 Å². The van der Waals surface area contributed by atoms with Crippen molar-refractivity contribution >= 4 is 17.5 Å². The van der Waals surface area contributed by atoms with E-state index >= 15 is 0 Å². The van der Waals surface area contributed by atoms with Crippen LogP contribution >= 0.6 is 0 Å². The fraction of sp³-hybridized carbons (Fsp3) is 0.483. The van der Waals surface area contributed by atoms with Crippen LogP contribution in [0.3, 0.4) is 0 Å². The molecule has 0 spiro atoms. The number of Topliss-reactive ketones (excluding diaryl/α,β-unsaturated/α-hetero) is 2. The smallest absolute Gasteiger partial charge is 0.304 e. The van der Waals surface area contributed by atoms with Crippen molar-refractivity contribution in [1.82, 2.24) is 0 Å². The number of carbonyl (C=O) groups is 3. The Labute approximate surface area is 212 Å². The van der Waals surface area contributed by atoms with Crippen molar-refractivity contribution in [1.29, 1.82) is 0 Å². The molecule has 0 aliphatic rings. The SMILES string of the molecule is C.COC(CCc1ccccc1)C(CC(=O)O)C(C)=O.COC(CCc1ccccc1)CC(C)=O.[2HH]. The first kappa shape index (κ1) is 32.2. The van der Waals surface area contributed by atoms with E-state index in [2.05, 4.69) is 12.1 Å². The lowest BCUT2D eigenvalue weighted by molar-refractivity contribution is -0.143. The topological polar surface area (TPSA) is 89.9 Å². The van der Waals surface area contributed by atoms with Crippen LogP contribution in [0.25, 0.3) is 0 Å². The lowest BCUT2D eigenvalue weighted by atomic mass is 9.90. The molecule has 0 heterocycles. The third-order valence-electron chi connectivity index (χ3n) is 5.67. The van der Waals surface area contributed by atoms with Gasteiger partial charge in [-0.05, 0) is 50.7 Å². The maximum atomic E-state index is 11.5. The summed E-state index contributed by atoms with van der Waals surface area (Å²) in [6.45, 7) is 3.02. The number of carbonyl (C=O) groups excluding carboxylic acids is 2. The quantitative estimate of drug-likeness (QED) is 0.360. The molecule has 3 unspecified atom stereocenters. The summed E-state index contributed by atoms with van der Waals surface area (Å²) in [4.78, 5) is 33.3. The number of hydrogen-bond acceptors (Lipinski definition) is 5. The van der Waals surface area contributed by atoms with Gasteiger partial charge in [0.2, 0.25) is 0 Å². The average Bonchev–Trinajstić information content (AvgIpc) is 2.82. The Balaban J connectivity index is 0. The Hall–Kier alpha value is -2.83. The van der Waals surface area contributed by atoms with Gasteiger partial charge in [0, 0.05) is 22.1 Å². The third kappa shape index (κ3) is 14.2. The highest BCUT2D eigenvalue weighted by atomic mass is 16.5. The van der Waals surface area contributed by atoms with Gasteiger partial charge in [0.15, 0.2) is 0 Å². The zero-order valence-electron chi connectivity index (χ0n) is 20.7. The van der Waals surface area contributed by atoms with Gasteiger partial charge >= 0.3 is 5.97 Å². The lowest BCUT2D eigenvalue weighted by Gasteiger charge is -2.22. The molecule has 6 nitrogen and oxygen atoms in total. The van der Waals surface area contributed by atoms with Gasteiger partial charge in [-0.1, -0.05) is 68.1 Å². The Morgan fingerprint density at radius 2 is 1.29 bits per heavy atom. The van der Waals surface area contributed by atoms with Crippen molar-refractivity contribution in [3.05, 3.63) is 71.8 Å². The fourth-order valence-corrected chi connectivity index (χ4v) is 3.76. The van der Waals surface area contributed by atoms with Crippen LogP contribution in [-0.4, -0.2) is 49.1 Å². The van der Waals surface area contributed by atoms with Gasteiger partial charge in [-0.25, -0.2) is 0 Å². The minimum atomic E-state index is -0.970. The number of benzene rings is 2. The molecule has 0 aromatic heterocycles. The third-order valence-corrected chi connectivity index (χ3v) is 5.67. The molecule has 35 heavy (non-hydrogen) atoms. The van der Waals surface area contributed by atoms with Gasteiger partial charge in [-0.3, -0.25) is 14.4 Å². The van der Waals surface area contributed by atoms with Gasteiger partial charge < -0.3 is 14.6 Å². The summed E-state index contributed by atoms with van der Waals surface area (Å²) in [5, 5.41) is 8.85. The Kier molecular flexibility index (Phi) is 17.0. The average molecular weight is 490 g/mol. The van der Waals surface area contributed by atoms with Gasteiger partial charge in [-0.2, -0.15) is 0 Å². The zero-order valence-corrected chi connectivity index (χ0v) is 20.7. The number of hydrogen-bond donors (Lipinski definition) is 1. The maximum Gasteiger partial charge on any atom is 0.304 e. The molecule has 1 N–H and O–H groups in total. The molecule has 0 fully saturated rings. The Morgan fingerprint density at radius 3 is 1.66 bits per heavy atom. The summed E-state index contributed by atoms with van der Waals surface area (Å²) in [6, 6.07) is 20.1. The predicted molar refractivity (Wildman–Crippen MR) is 142 cm³/mol. The second-order valence-electron chi connectivity index (χ2n) is 8.40. The molecule has 0 saturated heterocycles. The first-order valence-corrected chi connectivity index (χ1v) is 11.6. The van der Waals surface area contributed by atoms with Crippen LogP contribution in [0.1, 0.15) is 59.5 Å². The number of ether oxygens (including phenoxy) is 2. The van der Waals surface area contributed by atoms with Crippen molar-refractivity contribution in [2.45, 2.75) is 72.0 Å². The van der Waals surface area contributed by atoms with Crippen LogP contribution < -0.4 is 0 Å². The summed E-state index contributed by atoms with van der Waals surface area (Å²) in [5.41, 5.74) is 2.45. The highest BCUT2D eigenvalue weighted by molar-refractivity contribution is 5.83. The van der Waals surface area contributed by atoms with E-state index in [-0.39, 0.29) is 39.0 Å². The second-order valence-corrected chi connectivity index (χ2v) is 8.40. The summed E-state index contributed by atoms with van der Waals surface area (Å²) < 4.78 is 10.6. The van der Waals surface area contributed by atoms with E-state index in [4.69, 9.17) is 14.6 Å². The molecule has 2 aromatic rings. The number of rotatable bonds is 14. The Morgan fingerprint density at radius 1 is 0.800 bits per heavy atom. The monoisotopic (exact) mass is 489 g/mol. The second kappa shape index (κ2) is 18.5. The summed E-state index contributed by atoms with van der Waals surface area (Å²) in [5.74, 6) is -1.50. The molecule has 6 heteroatoms. The number of aryl methyl sites for hydroxylation is 2. The largest absolute Gasteiger partial charge is 0.481 e. The van der Waals surface area contributed by atoms with E-state index in [0.29, 0.717) is 12.8 Å². The molecule has 2 aromatic carbocycles. The first-order chi connectivity index (χ1) is 16.3. The van der Waals surface area contributed by atoms with Crippen LogP contribution in [0.5, 0.6) is 0 Å². The molecule has 3 atom stereocenters. The van der Waals surface area contributed by atoms with Crippen LogP contribution in [0.4, 0.5) is 0 Å². The summed E-state index contributed by atoms with van der Waals surface area (Å²) >= 11 is 0. The van der Waals surface area contributed by atoms with E-state index in [1.54, 1.807) is 14.0 Å². The zero-order chi connectivity index (χ0) is 25.3.